The van der Waals surface area contributed by atoms with E-state index in [-0.39, 0.29) is 16.1 Å². The summed E-state index contributed by atoms with van der Waals surface area (Å²) in [6, 6.07) is 4.51. The number of hydrogen-bond acceptors (Lipinski definition) is 4. The van der Waals surface area contributed by atoms with Crippen LogP contribution in [-0.4, -0.2) is 29.7 Å². The summed E-state index contributed by atoms with van der Waals surface area (Å²) in [4.78, 5) is 11.0. The number of aromatic nitrogens is 2. The van der Waals surface area contributed by atoms with Crippen LogP contribution in [0.3, 0.4) is 0 Å². The summed E-state index contributed by atoms with van der Waals surface area (Å²) in [6.45, 7) is 1.62. The zero-order valence-corrected chi connectivity index (χ0v) is 10.7. The molecule has 0 radical (unpaired) electrons. The number of benzene rings is 1. The maximum Gasteiger partial charge on any atom is 0.337 e. The van der Waals surface area contributed by atoms with Crippen LogP contribution in [0.15, 0.2) is 35.5 Å². The quantitative estimate of drug-likeness (QED) is 0.780. The Hall–Kier alpha value is -2.35. The molecular formula is C11H11N3O4S. The summed E-state index contributed by atoms with van der Waals surface area (Å²) in [5.41, 5.74) is 0.468. The zero-order chi connectivity index (χ0) is 14.0. The van der Waals surface area contributed by atoms with Gasteiger partial charge in [-0.15, -0.1) is 0 Å². The molecule has 2 rings (SSSR count). The van der Waals surface area contributed by atoms with Crippen LogP contribution in [0.1, 0.15) is 15.9 Å². The van der Waals surface area contributed by atoms with Crippen LogP contribution in [0.5, 0.6) is 0 Å². The largest absolute Gasteiger partial charge is 0.478 e. The molecule has 1 aromatic heterocycles. The predicted octanol–water partition coefficient (Wildman–Crippen LogP) is 1.22. The number of carboxylic acid groups (broad SMARTS) is 1. The second-order valence-electron chi connectivity index (χ2n) is 3.84. The van der Waals surface area contributed by atoms with Gasteiger partial charge in [0, 0.05) is 6.20 Å². The number of aryl methyl sites for hydroxylation is 1. The smallest absolute Gasteiger partial charge is 0.337 e. The van der Waals surface area contributed by atoms with E-state index in [0.717, 1.165) is 6.20 Å². The molecule has 1 aromatic carbocycles. The summed E-state index contributed by atoms with van der Waals surface area (Å²) in [5, 5.41) is 15.0. The van der Waals surface area contributed by atoms with Crippen molar-refractivity contribution in [2.24, 2.45) is 0 Å². The summed E-state index contributed by atoms with van der Waals surface area (Å²) >= 11 is 0. The predicted molar refractivity (Wildman–Crippen MR) is 67.5 cm³/mol. The number of H-pyrrole nitrogens is 1. The molecule has 8 heteroatoms. The van der Waals surface area contributed by atoms with Gasteiger partial charge in [-0.2, -0.15) is 5.10 Å². The summed E-state index contributed by atoms with van der Waals surface area (Å²) in [6.07, 6.45) is 2.35. The molecule has 0 saturated heterocycles. The molecule has 0 fully saturated rings. The van der Waals surface area contributed by atoms with Crippen molar-refractivity contribution >= 4 is 21.7 Å². The fourth-order valence-corrected chi connectivity index (χ4v) is 2.62. The number of aromatic carboxylic acids is 1. The molecule has 1 heterocycles. The number of anilines is 1. The van der Waals surface area contributed by atoms with E-state index >= 15 is 0 Å². The van der Waals surface area contributed by atoms with Crippen molar-refractivity contribution in [2.45, 2.75) is 11.8 Å². The fourth-order valence-electron chi connectivity index (χ4n) is 1.56. The highest BCUT2D eigenvalue weighted by atomic mass is 32.2. The van der Waals surface area contributed by atoms with E-state index < -0.39 is 16.0 Å². The van der Waals surface area contributed by atoms with Crippen LogP contribution in [0.2, 0.25) is 0 Å². The minimum Gasteiger partial charge on any atom is -0.478 e. The molecule has 0 atom stereocenters. The van der Waals surface area contributed by atoms with Gasteiger partial charge in [-0.1, -0.05) is 12.1 Å². The van der Waals surface area contributed by atoms with Crippen LogP contribution in [-0.2, 0) is 10.0 Å². The number of carboxylic acids is 1. The van der Waals surface area contributed by atoms with Gasteiger partial charge in [-0.05, 0) is 18.6 Å². The second kappa shape index (κ2) is 4.73. The SMILES string of the molecule is Cc1cccc(C(=O)O)c1NS(=O)(=O)c1cn[nH]c1. The fraction of sp³-hybridized carbons (Fsp3) is 0.0909. The Kier molecular flexibility index (Phi) is 3.26. The average molecular weight is 281 g/mol. The first-order valence-corrected chi connectivity index (χ1v) is 6.74. The van der Waals surface area contributed by atoms with Crippen LogP contribution < -0.4 is 4.72 Å². The first-order chi connectivity index (χ1) is 8.92. The van der Waals surface area contributed by atoms with E-state index in [1.165, 1.54) is 12.3 Å². The second-order valence-corrected chi connectivity index (χ2v) is 5.52. The van der Waals surface area contributed by atoms with Crippen molar-refractivity contribution in [2.75, 3.05) is 4.72 Å². The molecule has 0 saturated carbocycles. The summed E-state index contributed by atoms with van der Waals surface area (Å²) in [7, 11) is -3.86. The topological polar surface area (TPSA) is 112 Å². The minimum atomic E-state index is -3.86. The van der Waals surface area contributed by atoms with Gasteiger partial charge < -0.3 is 5.11 Å². The van der Waals surface area contributed by atoms with Gasteiger partial charge in [0.05, 0.1) is 17.4 Å². The van der Waals surface area contributed by atoms with Crippen LogP contribution in [0.4, 0.5) is 5.69 Å². The van der Waals surface area contributed by atoms with E-state index in [1.807, 2.05) is 0 Å². The lowest BCUT2D eigenvalue weighted by Gasteiger charge is -2.11. The average Bonchev–Trinajstić information content (AvgIpc) is 2.85. The first-order valence-electron chi connectivity index (χ1n) is 5.26. The lowest BCUT2D eigenvalue weighted by molar-refractivity contribution is 0.0698. The number of rotatable bonds is 4. The lowest BCUT2D eigenvalue weighted by Crippen LogP contribution is -2.16. The molecule has 0 bridgehead atoms. The Morgan fingerprint density at radius 3 is 2.74 bits per heavy atom. The maximum atomic E-state index is 12.0. The monoisotopic (exact) mass is 281 g/mol. The highest BCUT2D eigenvalue weighted by Gasteiger charge is 2.20. The number of aromatic amines is 1. The van der Waals surface area contributed by atoms with Crippen LogP contribution in [0, 0.1) is 6.92 Å². The Bertz CT molecular complexity index is 708. The Labute approximate surface area is 109 Å². The van der Waals surface area contributed by atoms with Crippen molar-refractivity contribution in [1.82, 2.24) is 10.2 Å². The van der Waals surface area contributed by atoms with Crippen molar-refractivity contribution < 1.29 is 18.3 Å². The van der Waals surface area contributed by atoms with E-state index in [4.69, 9.17) is 5.11 Å². The third-order valence-electron chi connectivity index (χ3n) is 2.52. The zero-order valence-electron chi connectivity index (χ0n) is 9.91. The van der Waals surface area contributed by atoms with E-state index in [2.05, 4.69) is 14.9 Å². The van der Waals surface area contributed by atoms with Gasteiger partial charge in [-0.25, -0.2) is 13.2 Å². The third-order valence-corrected chi connectivity index (χ3v) is 3.84. The van der Waals surface area contributed by atoms with E-state index in [9.17, 15) is 13.2 Å². The number of hydrogen-bond donors (Lipinski definition) is 3. The molecule has 0 amide bonds. The maximum absolute atomic E-state index is 12.0. The number of carbonyl (C=O) groups is 1. The molecule has 0 aliphatic rings. The molecule has 0 aliphatic heterocycles. The van der Waals surface area contributed by atoms with E-state index in [0.29, 0.717) is 5.56 Å². The molecular weight excluding hydrogens is 270 g/mol. The van der Waals surface area contributed by atoms with Gasteiger partial charge in [0.25, 0.3) is 10.0 Å². The Balaban J connectivity index is 2.48. The third kappa shape index (κ3) is 2.58. The molecule has 0 unspecified atom stereocenters. The Morgan fingerprint density at radius 1 is 1.42 bits per heavy atom. The van der Waals surface area contributed by atoms with Crippen LogP contribution in [0.25, 0.3) is 0 Å². The molecule has 3 N–H and O–H groups in total. The van der Waals surface area contributed by atoms with Crippen LogP contribution >= 0.6 is 0 Å². The van der Waals surface area contributed by atoms with Crippen molar-refractivity contribution in [3.8, 4) is 0 Å². The highest BCUT2D eigenvalue weighted by Crippen LogP contribution is 2.23. The van der Waals surface area contributed by atoms with Crippen molar-refractivity contribution in [3.63, 3.8) is 0 Å². The van der Waals surface area contributed by atoms with E-state index in [1.54, 1.807) is 19.1 Å². The van der Waals surface area contributed by atoms with Gasteiger partial charge in [0.2, 0.25) is 0 Å². The van der Waals surface area contributed by atoms with Gasteiger partial charge in [-0.3, -0.25) is 9.82 Å². The van der Waals surface area contributed by atoms with Gasteiger partial charge >= 0.3 is 5.97 Å². The number of para-hydroxylation sites is 1. The number of nitrogens with zero attached hydrogens (tertiary/aromatic N) is 1. The lowest BCUT2D eigenvalue weighted by atomic mass is 10.1. The molecule has 0 spiro atoms. The first kappa shape index (κ1) is 13.1. The molecule has 19 heavy (non-hydrogen) atoms. The number of sulfonamides is 1. The van der Waals surface area contributed by atoms with Crippen molar-refractivity contribution in [3.05, 3.63) is 41.7 Å². The highest BCUT2D eigenvalue weighted by molar-refractivity contribution is 7.92. The normalized spacial score (nSPS) is 11.2. The molecule has 2 aromatic rings. The van der Waals surface area contributed by atoms with Gasteiger partial charge in [0.15, 0.2) is 0 Å². The Morgan fingerprint density at radius 2 is 2.16 bits per heavy atom. The minimum absolute atomic E-state index is 0.0520. The standard InChI is InChI=1S/C11H11N3O4S/c1-7-3-2-4-9(11(15)16)10(7)14-19(17,18)8-5-12-13-6-8/h2-6,14H,1H3,(H,12,13)(H,15,16). The number of nitrogens with one attached hydrogen (secondary N) is 2. The van der Waals surface area contributed by atoms with Crippen molar-refractivity contribution in [1.29, 1.82) is 0 Å². The summed E-state index contributed by atoms with van der Waals surface area (Å²) < 4.78 is 26.3. The molecule has 0 aliphatic carbocycles. The molecule has 7 nitrogen and oxygen atoms in total. The van der Waals surface area contributed by atoms with Gasteiger partial charge in [0.1, 0.15) is 4.90 Å². The molecule has 100 valence electrons. The summed E-state index contributed by atoms with van der Waals surface area (Å²) in [5.74, 6) is -1.20.